The molecule has 1 N–H and O–H groups in total. The number of hydrogen-bond acceptors (Lipinski definition) is 5. The number of thiophene rings is 1. The van der Waals surface area contributed by atoms with Crippen LogP contribution in [0.3, 0.4) is 0 Å². The molecular weight excluding hydrogens is 346 g/mol. The van der Waals surface area contributed by atoms with Crippen LogP contribution in [0, 0.1) is 5.92 Å². The fraction of sp³-hybridized carbons (Fsp3) is 0.579. The predicted molar refractivity (Wildman–Crippen MR) is 103 cm³/mol. The summed E-state index contributed by atoms with van der Waals surface area (Å²) in [6.07, 6.45) is 10.1. The maximum absolute atomic E-state index is 12.7. The molecule has 7 heteroatoms. The lowest BCUT2D eigenvalue weighted by atomic mass is 9.82. The zero-order valence-electron chi connectivity index (χ0n) is 14.9. The molecule has 0 spiro atoms. The molecule has 0 saturated heterocycles. The molecule has 1 amide bonds. The Morgan fingerprint density at radius 2 is 2.23 bits per heavy atom. The number of nitrogens with one attached hydrogen (secondary N) is 1. The molecule has 138 valence electrons. The van der Waals surface area contributed by atoms with Gasteiger partial charge >= 0.3 is 0 Å². The SMILES string of the molecule is C=NCC1(n2cc(C(NC(=O)c3cccs3)C3CCCCC3)nn2)CC1. The zero-order valence-corrected chi connectivity index (χ0v) is 15.7. The number of nitrogens with zero attached hydrogens (tertiary/aromatic N) is 4. The molecule has 2 saturated carbocycles. The number of carbonyl (C=O) groups excluding carboxylic acids is 1. The third-order valence-corrected chi connectivity index (χ3v) is 6.57. The summed E-state index contributed by atoms with van der Waals surface area (Å²) in [6, 6.07) is 3.69. The molecule has 0 aromatic carbocycles. The Bertz CT molecular complexity index is 759. The first kappa shape index (κ1) is 17.4. The van der Waals surface area contributed by atoms with E-state index in [4.69, 9.17) is 0 Å². The quantitative estimate of drug-likeness (QED) is 0.756. The lowest BCUT2D eigenvalue weighted by Gasteiger charge is -2.29. The summed E-state index contributed by atoms with van der Waals surface area (Å²) in [5, 5.41) is 14.0. The molecule has 0 bridgehead atoms. The van der Waals surface area contributed by atoms with Crippen LogP contribution in [-0.2, 0) is 5.54 Å². The zero-order chi connectivity index (χ0) is 18.0. The monoisotopic (exact) mass is 371 g/mol. The van der Waals surface area contributed by atoms with Crippen LogP contribution < -0.4 is 5.32 Å². The van der Waals surface area contributed by atoms with E-state index in [0.717, 1.165) is 36.3 Å². The Labute approximate surface area is 157 Å². The average Bonchev–Trinajstić information content (AvgIpc) is 3.08. The van der Waals surface area contributed by atoms with E-state index in [1.807, 2.05) is 28.4 Å². The van der Waals surface area contributed by atoms with Gasteiger partial charge in [0.1, 0.15) is 5.69 Å². The van der Waals surface area contributed by atoms with Gasteiger partial charge in [-0.15, -0.1) is 16.4 Å². The van der Waals surface area contributed by atoms with Crippen molar-refractivity contribution in [2.24, 2.45) is 10.9 Å². The Balaban J connectivity index is 1.57. The largest absolute Gasteiger partial charge is 0.343 e. The van der Waals surface area contributed by atoms with E-state index in [-0.39, 0.29) is 17.5 Å². The summed E-state index contributed by atoms with van der Waals surface area (Å²) < 4.78 is 1.95. The van der Waals surface area contributed by atoms with Gasteiger partial charge in [-0.2, -0.15) is 0 Å². The number of carbonyl (C=O) groups is 1. The van der Waals surface area contributed by atoms with Crippen LogP contribution in [0.2, 0.25) is 0 Å². The minimum Gasteiger partial charge on any atom is -0.343 e. The Morgan fingerprint density at radius 3 is 2.88 bits per heavy atom. The fourth-order valence-electron chi connectivity index (χ4n) is 3.98. The first-order valence-electron chi connectivity index (χ1n) is 9.41. The molecule has 2 fully saturated rings. The molecular formula is C19H25N5OS. The summed E-state index contributed by atoms with van der Waals surface area (Å²) in [7, 11) is 0. The maximum Gasteiger partial charge on any atom is 0.261 e. The van der Waals surface area contributed by atoms with Crippen molar-refractivity contribution < 1.29 is 4.79 Å². The van der Waals surface area contributed by atoms with Gasteiger partial charge in [0.15, 0.2) is 0 Å². The van der Waals surface area contributed by atoms with Crippen molar-refractivity contribution in [3.63, 3.8) is 0 Å². The van der Waals surface area contributed by atoms with Crippen LogP contribution in [0.5, 0.6) is 0 Å². The van der Waals surface area contributed by atoms with Crippen LogP contribution in [0.15, 0.2) is 28.7 Å². The number of aromatic nitrogens is 3. The van der Waals surface area contributed by atoms with Crippen molar-refractivity contribution in [2.75, 3.05) is 6.54 Å². The highest BCUT2D eigenvalue weighted by Gasteiger charge is 2.46. The van der Waals surface area contributed by atoms with Crippen LogP contribution >= 0.6 is 11.3 Å². The molecule has 1 atom stereocenters. The normalized spacial score (nSPS) is 20.5. The predicted octanol–water partition coefficient (Wildman–Crippen LogP) is 3.58. The Hall–Kier alpha value is -2.02. The van der Waals surface area contributed by atoms with Crippen LogP contribution in [0.1, 0.15) is 66.4 Å². The molecule has 4 rings (SSSR count). The van der Waals surface area contributed by atoms with Crippen LogP contribution in [0.4, 0.5) is 0 Å². The van der Waals surface area contributed by atoms with Crippen molar-refractivity contribution >= 4 is 24.0 Å². The molecule has 26 heavy (non-hydrogen) atoms. The van der Waals surface area contributed by atoms with E-state index in [9.17, 15) is 4.79 Å². The lowest BCUT2D eigenvalue weighted by Crippen LogP contribution is -2.34. The molecule has 1 unspecified atom stereocenters. The molecule has 0 radical (unpaired) electrons. The van der Waals surface area contributed by atoms with Gasteiger partial charge in [0.25, 0.3) is 5.91 Å². The Kier molecular flexibility index (Phi) is 4.89. The third kappa shape index (κ3) is 3.45. The smallest absolute Gasteiger partial charge is 0.261 e. The van der Waals surface area contributed by atoms with Gasteiger partial charge in [0.2, 0.25) is 0 Å². The highest BCUT2D eigenvalue weighted by atomic mass is 32.1. The third-order valence-electron chi connectivity index (χ3n) is 5.70. The van der Waals surface area contributed by atoms with Gasteiger partial charge in [0.05, 0.1) is 29.2 Å². The minimum atomic E-state index is -0.0776. The summed E-state index contributed by atoms with van der Waals surface area (Å²) >= 11 is 1.47. The second kappa shape index (κ2) is 7.31. The van der Waals surface area contributed by atoms with Crippen molar-refractivity contribution in [1.82, 2.24) is 20.3 Å². The fourth-order valence-corrected chi connectivity index (χ4v) is 4.61. The van der Waals surface area contributed by atoms with E-state index in [1.54, 1.807) is 0 Å². The van der Waals surface area contributed by atoms with Crippen molar-refractivity contribution in [3.05, 3.63) is 34.3 Å². The first-order chi connectivity index (χ1) is 12.7. The number of amides is 1. The second-order valence-electron chi connectivity index (χ2n) is 7.52. The summed E-state index contributed by atoms with van der Waals surface area (Å²) in [5.74, 6) is 0.407. The van der Waals surface area contributed by atoms with E-state index in [1.165, 1.54) is 30.6 Å². The molecule has 2 aromatic rings. The molecule has 2 heterocycles. The van der Waals surface area contributed by atoms with E-state index < -0.39 is 0 Å². The van der Waals surface area contributed by atoms with Gasteiger partial charge in [-0.1, -0.05) is 30.5 Å². The standard InChI is InChI=1S/C19H25N5OS/c1-20-13-19(9-10-19)24-12-15(22-23-24)17(14-6-3-2-4-7-14)21-18(25)16-8-5-11-26-16/h5,8,11-12,14,17H,1-4,6-7,9-10,13H2,(H,21,25). The highest BCUT2D eigenvalue weighted by Crippen LogP contribution is 2.43. The van der Waals surface area contributed by atoms with Gasteiger partial charge in [-0.3, -0.25) is 9.79 Å². The van der Waals surface area contributed by atoms with E-state index >= 15 is 0 Å². The lowest BCUT2D eigenvalue weighted by molar-refractivity contribution is 0.0915. The van der Waals surface area contributed by atoms with E-state index in [0.29, 0.717) is 12.5 Å². The highest BCUT2D eigenvalue weighted by molar-refractivity contribution is 7.12. The van der Waals surface area contributed by atoms with Crippen molar-refractivity contribution in [3.8, 4) is 0 Å². The van der Waals surface area contributed by atoms with E-state index in [2.05, 4.69) is 27.3 Å². The number of aliphatic imine (C=N–C) groups is 1. The first-order valence-corrected chi connectivity index (χ1v) is 10.3. The van der Waals surface area contributed by atoms with Crippen LogP contribution in [-0.4, -0.2) is 34.2 Å². The van der Waals surface area contributed by atoms with Crippen molar-refractivity contribution in [2.45, 2.75) is 56.5 Å². The number of hydrogen-bond donors (Lipinski definition) is 1. The van der Waals surface area contributed by atoms with Gasteiger partial charge < -0.3 is 5.32 Å². The second-order valence-corrected chi connectivity index (χ2v) is 8.47. The summed E-state index contributed by atoms with van der Waals surface area (Å²) in [5.41, 5.74) is 0.833. The van der Waals surface area contributed by atoms with Gasteiger partial charge in [-0.05, 0) is 49.8 Å². The summed E-state index contributed by atoms with van der Waals surface area (Å²) in [6.45, 7) is 4.30. The number of rotatable bonds is 7. The molecule has 6 nitrogen and oxygen atoms in total. The topological polar surface area (TPSA) is 72.2 Å². The average molecular weight is 372 g/mol. The summed E-state index contributed by atoms with van der Waals surface area (Å²) in [4.78, 5) is 17.5. The Morgan fingerprint density at radius 1 is 1.42 bits per heavy atom. The van der Waals surface area contributed by atoms with Crippen molar-refractivity contribution in [1.29, 1.82) is 0 Å². The van der Waals surface area contributed by atoms with Gasteiger partial charge in [0, 0.05) is 0 Å². The minimum absolute atomic E-state index is 0.0148. The molecule has 2 aromatic heterocycles. The molecule has 2 aliphatic rings. The molecule has 2 aliphatic carbocycles. The van der Waals surface area contributed by atoms with Crippen LogP contribution in [0.25, 0.3) is 0 Å². The molecule has 0 aliphatic heterocycles. The van der Waals surface area contributed by atoms with Gasteiger partial charge in [-0.25, -0.2) is 4.68 Å². The maximum atomic E-state index is 12.7.